The molecule has 3 atom stereocenters. The number of amides is 2. The van der Waals surface area contributed by atoms with E-state index in [9.17, 15) is 14.4 Å². The van der Waals surface area contributed by atoms with E-state index in [1.165, 1.54) is 6.08 Å². The van der Waals surface area contributed by atoms with Gasteiger partial charge in [0.1, 0.15) is 40.0 Å². The number of allylic oxidation sites excluding steroid dienone is 2. The molecule has 1 aliphatic carbocycles. The van der Waals surface area contributed by atoms with Gasteiger partial charge in [0, 0.05) is 48.2 Å². The molecule has 3 aromatic rings. The zero-order chi connectivity index (χ0) is 34.6. The Morgan fingerprint density at radius 1 is 1.10 bits per heavy atom. The van der Waals surface area contributed by atoms with Crippen molar-refractivity contribution in [3.63, 3.8) is 0 Å². The smallest absolute Gasteiger partial charge is 0.407 e. The van der Waals surface area contributed by atoms with Gasteiger partial charge in [0.2, 0.25) is 0 Å². The third-order valence-electron chi connectivity index (χ3n) is 9.28. The molecule has 4 aliphatic rings. The SMILES string of the molecule is CN(C)CCCCNC(=O)C1=CN2c3cc4oc5ccccc5c4cc3OC3C(N4CCC(NC(=O)OC(C)(C)C)C4)=C(F)C=C(C1=O)C32. The fraction of sp³-hybridized carbons (Fsp3) is 0.432. The number of benzene rings is 2. The summed E-state index contributed by atoms with van der Waals surface area (Å²) in [6.07, 6.45) is 3.60. The number of hydrogen-bond donors (Lipinski definition) is 2. The molecule has 7 rings (SSSR count). The van der Waals surface area contributed by atoms with Crippen LogP contribution in [0.1, 0.15) is 40.0 Å². The first kappa shape index (κ1) is 32.7. The summed E-state index contributed by atoms with van der Waals surface area (Å²) in [6, 6.07) is 10.4. The lowest BCUT2D eigenvalue weighted by Gasteiger charge is -2.48. The maximum Gasteiger partial charge on any atom is 0.407 e. The number of hydrogen-bond acceptors (Lipinski definition) is 9. The Morgan fingerprint density at radius 3 is 2.67 bits per heavy atom. The second-order valence-corrected chi connectivity index (χ2v) is 14.4. The lowest BCUT2D eigenvalue weighted by molar-refractivity contribution is -0.121. The number of nitrogens with zero attached hydrogens (tertiary/aromatic N) is 3. The van der Waals surface area contributed by atoms with Crippen LogP contribution >= 0.6 is 0 Å². The molecule has 0 bridgehead atoms. The minimum atomic E-state index is -0.903. The van der Waals surface area contributed by atoms with Gasteiger partial charge in [-0.05, 0) is 78.9 Å². The van der Waals surface area contributed by atoms with Gasteiger partial charge in [-0.15, -0.1) is 0 Å². The Morgan fingerprint density at radius 2 is 1.90 bits per heavy atom. The van der Waals surface area contributed by atoms with Gasteiger partial charge in [-0.2, -0.15) is 0 Å². The molecule has 11 nitrogen and oxygen atoms in total. The van der Waals surface area contributed by atoms with Crippen LogP contribution in [0.25, 0.3) is 21.9 Å². The zero-order valence-electron chi connectivity index (χ0n) is 28.5. The molecule has 4 heterocycles. The van der Waals surface area contributed by atoms with Gasteiger partial charge in [0.25, 0.3) is 5.91 Å². The number of alkyl carbamates (subject to hydrolysis) is 1. The normalized spacial score (nSPS) is 21.8. The predicted molar refractivity (Wildman–Crippen MR) is 184 cm³/mol. The monoisotopic (exact) mass is 671 g/mol. The molecule has 49 heavy (non-hydrogen) atoms. The molecule has 1 saturated heterocycles. The number of Topliss-reactive ketones (excluding diaryl/α,β-unsaturated/α-hetero) is 1. The molecule has 0 saturated carbocycles. The van der Waals surface area contributed by atoms with Crippen molar-refractivity contribution in [1.82, 2.24) is 20.4 Å². The molecule has 1 aromatic heterocycles. The number of ketones is 1. The largest absolute Gasteiger partial charge is 0.479 e. The molecular weight excluding hydrogens is 629 g/mol. The maximum absolute atomic E-state index is 16.4. The summed E-state index contributed by atoms with van der Waals surface area (Å²) in [5.74, 6) is -1.17. The summed E-state index contributed by atoms with van der Waals surface area (Å²) >= 11 is 0. The Labute approximate surface area is 284 Å². The van der Waals surface area contributed by atoms with E-state index in [1.54, 1.807) is 27.0 Å². The highest BCUT2D eigenvalue weighted by atomic mass is 19.1. The van der Waals surface area contributed by atoms with E-state index in [1.807, 2.05) is 60.3 Å². The molecule has 2 aromatic carbocycles. The van der Waals surface area contributed by atoms with Crippen LogP contribution in [0.3, 0.4) is 0 Å². The number of anilines is 1. The summed E-state index contributed by atoms with van der Waals surface area (Å²) in [6.45, 7) is 7.48. The van der Waals surface area contributed by atoms with Crippen LogP contribution in [0, 0.1) is 0 Å². The second-order valence-electron chi connectivity index (χ2n) is 14.4. The van der Waals surface area contributed by atoms with E-state index in [4.69, 9.17) is 13.9 Å². The molecule has 0 spiro atoms. The fourth-order valence-corrected chi connectivity index (χ4v) is 7.10. The number of nitrogens with one attached hydrogen (secondary N) is 2. The van der Waals surface area contributed by atoms with Gasteiger partial charge >= 0.3 is 6.09 Å². The predicted octanol–water partition coefficient (Wildman–Crippen LogP) is 5.17. The number of carbonyl (C=O) groups is 3. The quantitative estimate of drug-likeness (QED) is 0.247. The van der Waals surface area contributed by atoms with Crippen molar-refractivity contribution in [2.75, 3.05) is 45.2 Å². The zero-order valence-corrected chi connectivity index (χ0v) is 28.5. The van der Waals surface area contributed by atoms with Gasteiger partial charge in [-0.25, -0.2) is 9.18 Å². The number of unbranched alkanes of at least 4 members (excludes halogenated alkanes) is 1. The van der Waals surface area contributed by atoms with E-state index >= 15 is 4.39 Å². The van der Waals surface area contributed by atoms with Gasteiger partial charge < -0.3 is 39.2 Å². The van der Waals surface area contributed by atoms with Crippen LogP contribution in [0.5, 0.6) is 5.75 Å². The molecule has 2 amide bonds. The van der Waals surface area contributed by atoms with Crippen LogP contribution in [-0.2, 0) is 14.3 Å². The van der Waals surface area contributed by atoms with Crippen molar-refractivity contribution >= 4 is 45.4 Å². The van der Waals surface area contributed by atoms with Crippen molar-refractivity contribution in [2.24, 2.45) is 0 Å². The van der Waals surface area contributed by atoms with Crippen LogP contribution in [0.4, 0.5) is 14.9 Å². The molecule has 1 fully saturated rings. The van der Waals surface area contributed by atoms with Crippen molar-refractivity contribution in [3.8, 4) is 5.75 Å². The number of para-hydroxylation sites is 1. The van der Waals surface area contributed by atoms with Crippen molar-refractivity contribution in [3.05, 3.63) is 71.3 Å². The molecule has 0 radical (unpaired) electrons. The van der Waals surface area contributed by atoms with E-state index < -0.39 is 41.4 Å². The summed E-state index contributed by atoms with van der Waals surface area (Å²) in [7, 11) is 3.99. The number of halogens is 1. The minimum absolute atomic E-state index is 0.0644. The van der Waals surface area contributed by atoms with Gasteiger partial charge in [0.15, 0.2) is 11.9 Å². The van der Waals surface area contributed by atoms with Gasteiger partial charge in [0.05, 0.1) is 17.4 Å². The van der Waals surface area contributed by atoms with Crippen LogP contribution in [0.15, 0.2) is 75.8 Å². The van der Waals surface area contributed by atoms with E-state index in [-0.39, 0.29) is 17.2 Å². The standard InChI is InChI=1S/C37H42FN5O6/c1-37(2,3)49-36(46)40-21-12-15-42(19-21)32-26(38)16-24-31-34(32)48-30-17-23-22-10-6-7-11-28(22)47-29(23)18-27(30)43(31)20-25(33(24)44)35(45)39-13-8-9-14-41(4)5/h6-7,10-11,16-18,20-21,31,34H,8-9,12-15,19H2,1-5H3,(H,39,45)(H,40,46). The number of likely N-dealkylation sites (tertiary alicyclic amines) is 1. The number of rotatable bonds is 8. The third-order valence-corrected chi connectivity index (χ3v) is 9.28. The minimum Gasteiger partial charge on any atom is -0.479 e. The lowest BCUT2D eigenvalue weighted by atomic mass is 9.82. The fourth-order valence-electron chi connectivity index (χ4n) is 7.10. The Hall–Kier alpha value is -4.84. The summed E-state index contributed by atoms with van der Waals surface area (Å²) in [5.41, 5.74) is 1.67. The summed E-state index contributed by atoms with van der Waals surface area (Å²) in [4.78, 5) is 45.7. The number of ether oxygens (including phenoxy) is 2. The number of furan rings is 1. The van der Waals surface area contributed by atoms with E-state index in [2.05, 4.69) is 15.5 Å². The Balaban J connectivity index is 1.25. The molecule has 2 N–H and O–H groups in total. The number of fused-ring (bicyclic) bond motifs is 5. The van der Waals surface area contributed by atoms with Gasteiger partial charge in [-0.1, -0.05) is 18.2 Å². The average molecular weight is 672 g/mol. The van der Waals surface area contributed by atoms with E-state index in [0.717, 1.165) is 30.2 Å². The Kier molecular flexibility index (Phi) is 8.38. The van der Waals surface area contributed by atoms with Crippen LogP contribution in [-0.4, -0.2) is 91.6 Å². The number of carbonyl (C=O) groups excluding carboxylic acids is 3. The average Bonchev–Trinajstić information content (AvgIpc) is 3.63. The molecule has 12 heteroatoms. The first-order valence-electron chi connectivity index (χ1n) is 16.8. The first-order chi connectivity index (χ1) is 23.4. The lowest BCUT2D eigenvalue weighted by Crippen LogP contribution is -2.57. The third kappa shape index (κ3) is 6.25. The van der Waals surface area contributed by atoms with Crippen LogP contribution in [0.2, 0.25) is 0 Å². The van der Waals surface area contributed by atoms with Crippen molar-refractivity contribution in [1.29, 1.82) is 0 Å². The maximum atomic E-state index is 16.4. The summed E-state index contributed by atoms with van der Waals surface area (Å²) in [5, 5.41) is 7.53. The highest BCUT2D eigenvalue weighted by molar-refractivity contribution is 6.27. The van der Waals surface area contributed by atoms with Crippen molar-refractivity contribution < 1.29 is 32.7 Å². The van der Waals surface area contributed by atoms with Crippen molar-refractivity contribution in [2.45, 2.75) is 63.8 Å². The van der Waals surface area contributed by atoms with Gasteiger partial charge in [-0.3, -0.25) is 9.59 Å². The topological polar surface area (TPSA) is 117 Å². The molecular formula is C37H42FN5O6. The first-order valence-corrected chi connectivity index (χ1v) is 16.8. The molecule has 3 aliphatic heterocycles. The second kappa shape index (κ2) is 12.6. The van der Waals surface area contributed by atoms with Crippen LogP contribution < -0.4 is 20.3 Å². The van der Waals surface area contributed by atoms with E-state index in [0.29, 0.717) is 54.4 Å². The summed E-state index contributed by atoms with van der Waals surface area (Å²) < 4.78 is 34.7. The Bertz CT molecular complexity index is 1940. The molecule has 3 unspecified atom stereocenters. The highest BCUT2D eigenvalue weighted by Gasteiger charge is 2.51. The molecule has 258 valence electrons. The highest BCUT2D eigenvalue weighted by Crippen LogP contribution is 2.49.